The summed E-state index contributed by atoms with van der Waals surface area (Å²) >= 11 is 6.07. The van der Waals surface area contributed by atoms with E-state index in [1.54, 1.807) is 0 Å². The van der Waals surface area contributed by atoms with Crippen LogP contribution < -0.4 is 5.73 Å². The molecule has 0 saturated carbocycles. The molecule has 0 fully saturated rings. The predicted octanol–water partition coefficient (Wildman–Crippen LogP) is 3.15. The van der Waals surface area contributed by atoms with Gasteiger partial charge in [-0.05, 0) is 37.9 Å². The summed E-state index contributed by atoms with van der Waals surface area (Å²) < 4.78 is 0. The number of hydrogen-bond acceptors (Lipinski definition) is 3. The molecule has 0 atom stereocenters. The molecule has 1 nitrogen and oxygen atoms in total. The smallest absolute Gasteiger partial charge is 0.0563 e. The Kier molecular flexibility index (Phi) is 5.80. The van der Waals surface area contributed by atoms with Crippen molar-refractivity contribution in [1.82, 2.24) is 0 Å². The van der Waals surface area contributed by atoms with Gasteiger partial charge in [0.1, 0.15) is 0 Å². The molecule has 0 aliphatic rings. The Morgan fingerprint density at radius 3 is 2.15 bits per heavy atom. The fraction of sp³-hybridized carbons (Fsp3) is 1.00. The summed E-state index contributed by atoms with van der Waals surface area (Å²) in [5.41, 5.74) is 6.31. The highest BCUT2D eigenvalue weighted by molar-refractivity contribution is 8.00. The Morgan fingerprint density at radius 1 is 1.23 bits per heavy atom. The van der Waals surface area contributed by atoms with Gasteiger partial charge in [0, 0.05) is 5.75 Å². The second-order valence-electron chi connectivity index (χ2n) is 4.88. The molecule has 0 aromatic carbocycles. The highest BCUT2D eigenvalue weighted by Crippen LogP contribution is 2.31. The van der Waals surface area contributed by atoms with Crippen LogP contribution in [0.25, 0.3) is 0 Å². The third-order valence-corrected chi connectivity index (χ3v) is 3.83. The van der Waals surface area contributed by atoms with Crippen LogP contribution in [-0.4, -0.2) is 16.4 Å². The van der Waals surface area contributed by atoms with Gasteiger partial charge in [-0.25, -0.2) is 0 Å². The monoisotopic (exact) mass is 221 g/mol. The van der Waals surface area contributed by atoms with Gasteiger partial charge >= 0.3 is 0 Å². The first-order chi connectivity index (χ1) is 5.77. The highest BCUT2D eigenvalue weighted by atomic mass is 32.2. The van der Waals surface area contributed by atoms with Gasteiger partial charge in [-0.2, -0.15) is 12.6 Å². The van der Waals surface area contributed by atoms with Gasteiger partial charge in [0.25, 0.3) is 0 Å². The van der Waals surface area contributed by atoms with Gasteiger partial charge in [0.05, 0.1) is 4.87 Å². The predicted molar refractivity (Wildman–Crippen MR) is 67.6 cm³/mol. The summed E-state index contributed by atoms with van der Waals surface area (Å²) in [7, 11) is 0. The number of nitrogens with two attached hydrogens (primary N) is 1. The largest absolute Gasteiger partial charge is 0.317 e. The first kappa shape index (κ1) is 13.7. The lowest BCUT2D eigenvalue weighted by molar-refractivity contribution is 0.383. The normalized spacial score (nSPS) is 13.4. The zero-order valence-electron chi connectivity index (χ0n) is 9.26. The third-order valence-electron chi connectivity index (χ3n) is 1.85. The van der Waals surface area contributed by atoms with Crippen LogP contribution in [0.4, 0.5) is 0 Å². The van der Waals surface area contributed by atoms with Crippen LogP contribution in [0.3, 0.4) is 0 Å². The molecule has 3 heteroatoms. The van der Waals surface area contributed by atoms with Gasteiger partial charge in [-0.15, -0.1) is 11.8 Å². The number of hydrogen-bond donors (Lipinski definition) is 2. The Morgan fingerprint density at radius 2 is 1.77 bits per heavy atom. The number of rotatable bonds is 6. The molecular weight excluding hydrogens is 198 g/mol. The van der Waals surface area contributed by atoms with Crippen molar-refractivity contribution in [2.24, 2.45) is 11.1 Å². The topological polar surface area (TPSA) is 26.0 Å². The van der Waals surface area contributed by atoms with Crippen molar-refractivity contribution < 1.29 is 0 Å². The van der Waals surface area contributed by atoms with E-state index in [-0.39, 0.29) is 4.87 Å². The van der Waals surface area contributed by atoms with E-state index in [9.17, 15) is 0 Å². The van der Waals surface area contributed by atoms with E-state index in [2.05, 4.69) is 40.3 Å². The third kappa shape index (κ3) is 8.98. The summed E-state index contributed by atoms with van der Waals surface area (Å²) in [6, 6.07) is 0. The summed E-state index contributed by atoms with van der Waals surface area (Å²) in [5, 5.41) is 0. The van der Waals surface area contributed by atoms with Crippen LogP contribution in [0.5, 0.6) is 0 Å². The molecule has 0 spiro atoms. The molecule has 0 aliphatic heterocycles. The first-order valence-corrected chi connectivity index (χ1v) is 6.42. The lowest BCUT2D eigenvalue weighted by Gasteiger charge is -2.28. The van der Waals surface area contributed by atoms with Gasteiger partial charge in [-0.1, -0.05) is 13.8 Å². The van der Waals surface area contributed by atoms with Crippen molar-refractivity contribution in [3.8, 4) is 0 Å². The maximum absolute atomic E-state index is 5.92. The summed E-state index contributed by atoms with van der Waals surface area (Å²) in [5.74, 6) is 2.12. The molecule has 0 unspecified atom stereocenters. The van der Waals surface area contributed by atoms with Crippen molar-refractivity contribution in [3.63, 3.8) is 0 Å². The molecule has 80 valence electrons. The molecule has 13 heavy (non-hydrogen) atoms. The lowest BCUT2D eigenvalue weighted by atomic mass is 9.91. The maximum atomic E-state index is 5.92. The van der Waals surface area contributed by atoms with Crippen molar-refractivity contribution in [1.29, 1.82) is 0 Å². The average molecular weight is 221 g/mol. The van der Waals surface area contributed by atoms with Crippen molar-refractivity contribution in [2.75, 3.05) is 11.5 Å². The minimum atomic E-state index is -0.0990. The van der Waals surface area contributed by atoms with Crippen LogP contribution in [0, 0.1) is 5.41 Å². The minimum Gasteiger partial charge on any atom is -0.317 e. The van der Waals surface area contributed by atoms with Crippen LogP contribution in [-0.2, 0) is 0 Å². The highest BCUT2D eigenvalue weighted by Gasteiger charge is 2.21. The molecular formula is C10H23NS2. The van der Waals surface area contributed by atoms with E-state index in [0.717, 1.165) is 11.5 Å². The minimum absolute atomic E-state index is 0.0990. The molecule has 0 bridgehead atoms. The van der Waals surface area contributed by atoms with E-state index >= 15 is 0 Å². The van der Waals surface area contributed by atoms with Gasteiger partial charge < -0.3 is 5.73 Å². The van der Waals surface area contributed by atoms with Crippen LogP contribution in [0.15, 0.2) is 0 Å². The summed E-state index contributed by atoms with van der Waals surface area (Å²) in [6.45, 7) is 8.73. The van der Waals surface area contributed by atoms with Gasteiger partial charge in [0.15, 0.2) is 0 Å². The molecule has 0 heterocycles. The zero-order chi connectivity index (χ0) is 10.5. The Balaban J connectivity index is 3.75. The molecule has 0 amide bonds. The van der Waals surface area contributed by atoms with Crippen molar-refractivity contribution in [3.05, 3.63) is 0 Å². The fourth-order valence-corrected chi connectivity index (χ4v) is 2.08. The SMILES string of the molecule is CC(C)(CCCS)CSC(C)(C)N. The zero-order valence-corrected chi connectivity index (χ0v) is 11.0. The van der Waals surface area contributed by atoms with Crippen molar-refractivity contribution in [2.45, 2.75) is 45.4 Å². The lowest BCUT2D eigenvalue weighted by Crippen LogP contribution is -2.30. The second kappa shape index (κ2) is 5.52. The summed E-state index contributed by atoms with van der Waals surface area (Å²) in [4.78, 5) is -0.0990. The Bertz CT molecular complexity index is 138. The van der Waals surface area contributed by atoms with E-state index in [1.165, 1.54) is 12.8 Å². The van der Waals surface area contributed by atoms with Crippen LogP contribution in [0.1, 0.15) is 40.5 Å². The van der Waals surface area contributed by atoms with Crippen LogP contribution >= 0.6 is 24.4 Å². The van der Waals surface area contributed by atoms with Gasteiger partial charge in [0.2, 0.25) is 0 Å². The van der Waals surface area contributed by atoms with Crippen LogP contribution in [0.2, 0.25) is 0 Å². The number of thiol groups is 1. The average Bonchev–Trinajstić information content (AvgIpc) is 1.97. The second-order valence-corrected chi connectivity index (χ2v) is 6.96. The van der Waals surface area contributed by atoms with Crippen molar-refractivity contribution >= 4 is 24.4 Å². The van der Waals surface area contributed by atoms with E-state index in [0.29, 0.717) is 5.41 Å². The molecule has 0 aromatic rings. The fourth-order valence-electron chi connectivity index (χ4n) is 1.01. The van der Waals surface area contributed by atoms with Gasteiger partial charge in [-0.3, -0.25) is 0 Å². The molecule has 0 aliphatic carbocycles. The van der Waals surface area contributed by atoms with E-state index in [1.807, 2.05) is 11.8 Å². The van der Waals surface area contributed by atoms with E-state index < -0.39 is 0 Å². The molecule has 0 radical (unpaired) electrons. The summed E-state index contributed by atoms with van der Waals surface area (Å²) in [6.07, 6.45) is 2.43. The Labute approximate surface area is 92.6 Å². The number of thioether (sulfide) groups is 1. The quantitative estimate of drug-likeness (QED) is 0.532. The first-order valence-electron chi connectivity index (χ1n) is 4.80. The molecule has 2 N–H and O–H groups in total. The molecule has 0 saturated heterocycles. The maximum Gasteiger partial charge on any atom is 0.0563 e. The Hall–Kier alpha value is 0.660. The van der Waals surface area contributed by atoms with E-state index in [4.69, 9.17) is 5.73 Å². The molecule has 0 rings (SSSR count). The standard InChI is InChI=1S/C10H23NS2/c1-9(2,6-5-7-12)8-13-10(3,4)11/h12H,5-8,11H2,1-4H3. The molecule has 0 aromatic heterocycles.